The second-order valence-electron chi connectivity index (χ2n) is 5.10. The van der Waals surface area contributed by atoms with E-state index in [1.54, 1.807) is 6.07 Å². The third-order valence-electron chi connectivity index (χ3n) is 3.13. The summed E-state index contributed by atoms with van der Waals surface area (Å²) in [5.41, 5.74) is 0.734. The Balaban J connectivity index is 2.14. The van der Waals surface area contributed by atoms with Crippen molar-refractivity contribution in [2.45, 2.75) is 25.9 Å². The molecular weight excluding hydrogens is 221 g/mol. The van der Waals surface area contributed by atoms with Gasteiger partial charge in [0.15, 0.2) is 0 Å². The monoisotopic (exact) mass is 239 g/mol. The molecule has 4 heteroatoms. The van der Waals surface area contributed by atoms with E-state index >= 15 is 0 Å². The number of morpholine rings is 1. The Morgan fingerprint density at radius 1 is 1.41 bits per heavy atom. The summed E-state index contributed by atoms with van der Waals surface area (Å²) in [6.45, 7) is 7.03. The average Bonchev–Trinajstić information content (AvgIpc) is 2.19. The van der Waals surface area contributed by atoms with Gasteiger partial charge in [-0.2, -0.15) is 0 Å². The molecule has 94 valence electrons. The highest BCUT2D eigenvalue weighted by molar-refractivity contribution is 5.28. The van der Waals surface area contributed by atoms with E-state index in [0.717, 1.165) is 18.2 Å². The Kier molecular flexibility index (Phi) is 3.35. The van der Waals surface area contributed by atoms with Gasteiger partial charge >= 0.3 is 0 Å². The molecule has 0 radical (unpaired) electrons. The zero-order valence-electron chi connectivity index (χ0n) is 10.2. The van der Waals surface area contributed by atoms with Crippen LogP contribution in [-0.2, 0) is 11.3 Å². The summed E-state index contributed by atoms with van der Waals surface area (Å²) in [5, 5.41) is 9.37. The lowest BCUT2D eigenvalue weighted by atomic mass is 10.0. The number of halogens is 1. The summed E-state index contributed by atoms with van der Waals surface area (Å²) in [6.07, 6.45) is 0. The number of hydrogen-bond acceptors (Lipinski definition) is 3. The van der Waals surface area contributed by atoms with Crippen molar-refractivity contribution in [3.63, 3.8) is 0 Å². The molecule has 1 saturated heterocycles. The Morgan fingerprint density at radius 3 is 2.82 bits per heavy atom. The fraction of sp³-hybridized carbons (Fsp3) is 0.538. The van der Waals surface area contributed by atoms with E-state index in [1.165, 1.54) is 6.07 Å². The molecule has 0 saturated carbocycles. The molecule has 1 aliphatic rings. The third-order valence-corrected chi connectivity index (χ3v) is 3.13. The first kappa shape index (κ1) is 12.3. The van der Waals surface area contributed by atoms with Crippen LogP contribution in [0.2, 0.25) is 0 Å². The molecule has 0 spiro atoms. The zero-order chi connectivity index (χ0) is 12.5. The van der Waals surface area contributed by atoms with Gasteiger partial charge in [0.2, 0.25) is 0 Å². The van der Waals surface area contributed by atoms with Crippen LogP contribution in [0.15, 0.2) is 18.2 Å². The van der Waals surface area contributed by atoms with Gasteiger partial charge in [0.05, 0.1) is 13.2 Å². The van der Waals surface area contributed by atoms with Gasteiger partial charge < -0.3 is 9.84 Å². The van der Waals surface area contributed by atoms with Crippen molar-refractivity contribution in [3.05, 3.63) is 29.6 Å². The quantitative estimate of drug-likeness (QED) is 0.858. The fourth-order valence-corrected chi connectivity index (χ4v) is 2.13. The van der Waals surface area contributed by atoms with E-state index in [1.807, 2.05) is 0 Å². The van der Waals surface area contributed by atoms with Crippen LogP contribution < -0.4 is 0 Å². The number of aromatic hydroxyl groups is 1. The third kappa shape index (κ3) is 2.96. The minimum absolute atomic E-state index is 0.0222. The molecule has 3 nitrogen and oxygen atoms in total. The molecule has 0 bridgehead atoms. The lowest BCUT2D eigenvalue weighted by Gasteiger charge is -2.42. The van der Waals surface area contributed by atoms with Gasteiger partial charge in [-0.1, -0.05) is 0 Å². The Labute approximate surface area is 101 Å². The van der Waals surface area contributed by atoms with E-state index in [4.69, 9.17) is 4.74 Å². The first-order chi connectivity index (χ1) is 7.97. The van der Waals surface area contributed by atoms with Crippen LogP contribution in [0.3, 0.4) is 0 Å². The SMILES string of the molecule is CC1(C)COCCN1Cc1cc(O)cc(F)c1. The first-order valence-electron chi connectivity index (χ1n) is 5.79. The molecular formula is C13H18FNO2. The molecule has 0 atom stereocenters. The maximum absolute atomic E-state index is 13.2. The summed E-state index contributed by atoms with van der Waals surface area (Å²) in [4.78, 5) is 2.24. The molecule has 1 aliphatic heterocycles. The number of ether oxygens (including phenoxy) is 1. The van der Waals surface area contributed by atoms with E-state index in [-0.39, 0.29) is 11.3 Å². The van der Waals surface area contributed by atoms with E-state index in [2.05, 4.69) is 18.7 Å². The molecule has 2 rings (SSSR count). The summed E-state index contributed by atoms with van der Waals surface area (Å²) in [7, 11) is 0. The van der Waals surface area contributed by atoms with Crippen molar-refractivity contribution in [2.24, 2.45) is 0 Å². The van der Waals surface area contributed by atoms with Gasteiger partial charge in [0, 0.05) is 24.7 Å². The molecule has 1 aromatic carbocycles. The van der Waals surface area contributed by atoms with Gasteiger partial charge in [-0.05, 0) is 31.5 Å². The maximum atomic E-state index is 13.2. The summed E-state index contributed by atoms with van der Waals surface area (Å²) in [5.74, 6) is -0.419. The second-order valence-corrected chi connectivity index (χ2v) is 5.10. The molecule has 0 aromatic heterocycles. The van der Waals surface area contributed by atoms with Crippen LogP contribution in [0, 0.1) is 5.82 Å². The molecule has 17 heavy (non-hydrogen) atoms. The second kappa shape index (κ2) is 4.63. The van der Waals surface area contributed by atoms with Gasteiger partial charge in [-0.3, -0.25) is 4.90 Å². The smallest absolute Gasteiger partial charge is 0.127 e. The highest BCUT2D eigenvalue weighted by atomic mass is 19.1. The first-order valence-corrected chi connectivity index (χ1v) is 5.79. The highest BCUT2D eigenvalue weighted by Gasteiger charge is 2.30. The van der Waals surface area contributed by atoms with Crippen LogP contribution in [0.5, 0.6) is 5.75 Å². The van der Waals surface area contributed by atoms with Crippen LogP contribution in [0.1, 0.15) is 19.4 Å². The molecule has 1 aromatic rings. The van der Waals surface area contributed by atoms with Crippen molar-refractivity contribution in [2.75, 3.05) is 19.8 Å². The van der Waals surface area contributed by atoms with Gasteiger partial charge in [0.25, 0.3) is 0 Å². The van der Waals surface area contributed by atoms with Crippen LogP contribution in [0.25, 0.3) is 0 Å². The van der Waals surface area contributed by atoms with Crippen LogP contribution in [0.4, 0.5) is 4.39 Å². The Bertz CT molecular complexity index is 386. The van der Waals surface area contributed by atoms with Crippen molar-refractivity contribution < 1.29 is 14.2 Å². The lowest BCUT2D eigenvalue weighted by Crippen LogP contribution is -2.52. The topological polar surface area (TPSA) is 32.7 Å². The van der Waals surface area contributed by atoms with Gasteiger partial charge in [-0.15, -0.1) is 0 Å². The zero-order valence-corrected chi connectivity index (χ0v) is 10.2. The maximum Gasteiger partial charge on any atom is 0.127 e. The average molecular weight is 239 g/mol. The lowest BCUT2D eigenvalue weighted by molar-refractivity contribution is -0.0553. The van der Waals surface area contributed by atoms with E-state index in [0.29, 0.717) is 19.8 Å². The number of nitrogens with zero attached hydrogens (tertiary/aromatic N) is 1. The number of benzene rings is 1. The summed E-state index contributed by atoms with van der Waals surface area (Å²) >= 11 is 0. The van der Waals surface area contributed by atoms with Gasteiger partial charge in [0.1, 0.15) is 11.6 Å². The molecule has 0 aliphatic carbocycles. The predicted molar refractivity (Wildman–Crippen MR) is 63.4 cm³/mol. The van der Waals surface area contributed by atoms with Gasteiger partial charge in [-0.25, -0.2) is 4.39 Å². The molecule has 0 amide bonds. The molecule has 1 fully saturated rings. The minimum atomic E-state index is -0.397. The summed E-state index contributed by atoms with van der Waals surface area (Å²) in [6, 6.07) is 4.19. The highest BCUT2D eigenvalue weighted by Crippen LogP contribution is 2.23. The Morgan fingerprint density at radius 2 is 2.18 bits per heavy atom. The number of phenols is 1. The number of hydrogen-bond donors (Lipinski definition) is 1. The largest absolute Gasteiger partial charge is 0.508 e. The predicted octanol–water partition coefficient (Wildman–Crippen LogP) is 2.14. The fourth-order valence-electron chi connectivity index (χ4n) is 2.13. The molecule has 1 heterocycles. The number of phenolic OH excluding ortho intramolecular Hbond substituents is 1. The summed E-state index contributed by atoms with van der Waals surface area (Å²) < 4.78 is 18.6. The van der Waals surface area contributed by atoms with Crippen molar-refractivity contribution in [1.29, 1.82) is 0 Å². The number of rotatable bonds is 2. The van der Waals surface area contributed by atoms with Crippen molar-refractivity contribution in [3.8, 4) is 5.75 Å². The Hall–Kier alpha value is -1.13. The van der Waals surface area contributed by atoms with E-state index in [9.17, 15) is 9.50 Å². The normalized spacial score (nSPS) is 20.4. The van der Waals surface area contributed by atoms with Crippen molar-refractivity contribution >= 4 is 0 Å². The van der Waals surface area contributed by atoms with Crippen LogP contribution >= 0.6 is 0 Å². The molecule has 0 unspecified atom stereocenters. The van der Waals surface area contributed by atoms with Crippen molar-refractivity contribution in [1.82, 2.24) is 4.90 Å². The minimum Gasteiger partial charge on any atom is -0.508 e. The van der Waals surface area contributed by atoms with E-state index < -0.39 is 5.82 Å². The van der Waals surface area contributed by atoms with Crippen LogP contribution in [-0.4, -0.2) is 35.3 Å². The standard InChI is InChI=1S/C13H18FNO2/c1-13(2)9-17-4-3-15(13)8-10-5-11(14)7-12(16)6-10/h5-7,16H,3-4,8-9H2,1-2H3. The molecule has 1 N–H and O–H groups in total.